The van der Waals surface area contributed by atoms with Gasteiger partial charge in [0.2, 0.25) is 0 Å². The molecule has 1 amide bonds. The summed E-state index contributed by atoms with van der Waals surface area (Å²) < 4.78 is 0. The summed E-state index contributed by atoms with van der Waals surface area (Å²) in [4.78, 5) is 16.8. The molecule has 1 aliphatic rings. The fourth-order valence-electron chi connectivity index (χ4n) is 2.70. The molecule has 1 heterocycles. The van der Waals surface area contributed by atoms with Gasteiger partial charge in [0.25, 0.3) is 5.91 Å². The summed E-state index contributed by atoms with van der Waals surface area (Å²) in [5, 5.41) is 8.17. The van der Waals surface area contributed by atoms with E-state index in [1.54, 1.807) is 0 Å². The number of carbonyl (C=O) groups excluding carboxylic acids is 1. The van der Waals surface area contributed by atoms with Crippen molar-refractivity contribution in [2.24, 2.45) is 5.41 Å². The maximum Gasteiger partial charge on any atom is 0.270 e. The smallest absolute Gasteiger partial charge is 0.270 e. The lowest BCUT2D eigenvalue weighted by Gasteiger charge is -2.14. The van der Waals surface area contributed by atoms with Crippen molar-refractivity contribution in [1.29, 1.82) is 0 Å². The van der Waals surface area contributed by atoms with Gasteiger partial charge in [0, 0.05) is 19.0 Å². The number of benzene rings is 1. The Labute approximate surface area is 125 Å². The zero-order valence-corrected chi connectivity index (χ0v) is 12.6. The fraction of sp³-hybridized carbons (Fsp3) is 0.412. The SMILES string of the molecule is CCC1(CNC(=O)c2cc3ccccc3c(NC)n2)CC1. The number of hydrogen-bond donors (Lipinski definition) is 2. The van der Waals surface area contributed by atoms with E-state index in [0.29, 0.717) is 11.1 Å². The van der Waals surface area contributed by atoms with Gasteiger partial charge in [-0.15, -0.1) is 0 Å². The lowest BCUT2D eigenvalue weighted by atomic mass is 10.0. The van der Waals surface area contributed by atoms with E-state index in [-0.39, 0.29) is 5.91 Å². The van der Waals surface area contributed by atoms with Gasteiger partial charge < -0.3 is 10.6 Å². The van der Waals surface area contributed by atoms with Gasteiger partial charge in [-0.05, 0) is 36.1 Å². The van der Waals surface area contributed by atoms with Crippen molar-refractivity contribution < 1.29 is 4.79 Å². The molecule has 1 aromatic heterocycles. The predicted molar refractivity (Wildman–Crippen MR) is 85.6 cm³/mol. The highest BCUT2D eigenvalue weighted by Crippen LogP contribution is 2.47. The zero-order valence-electron chi connectivity index (χ0n) is 12.6. The molecule has 0 radical (unpaired) electrons. The first-order valence-corrected chi connectivity index (χ1v) is 7.53. The van der Waals surface area contributed by atoms with E-state index in [1.807, 2.05) is 37.4 Å². The van der Waals surface area contributed by atoms with Gasteiger partial charge in [0.15, 0.2) is 0 Å². The van der Waals surface area contributed by atoms with Crippen molar-refractivity contribution in [3.8, 4) is 0 Å². The highest BCUT2D eigenvalue weighted by Gasteiger charge is 2.40. The zero-order chi connectivity index (χ0) is 14.9. The molecule has 4 heteroatoms. The molecule has 2 aromatic rings. The van der Waals surface area contributed by atoms with Gasteiger partial charge in [0.05, 0.1) is 0 Å². The van der Waals surface area contributed by atoms with Crippen LogP contribution >= 0.6 is 0 Å². The number of carbonyl (C=O) groups is 1. The third-order valence-electron chi connectivity index (χ3n) is 4.54. The summed E-state index contributed by atoms with van der Waals surface area (Å²) in [7, 11) is 1.83. The van der Waals surface area contributed by atoms with Crippen molar-refractivity contribution in [3.63, 3.8) is 0 Å². The molecule has 0 atom stereocenters. The lowest BCUT2D eigenvalue weighted by Crippen LogP contribution is -2.30. The Morgan fingerprint density at radius 3 is 2.76 bits per heavy atom. The third-order valence-corrected chi connectivity index (χ3v) is 4.54. The van der Waals surface area contributed by atoms with Crippen LogP contribution in [-0.2, 0) is 0 Å². The van der Waals surface area contributed by atoms with Crippen LogP contribution in [0.2, 0.25) is 0 Å². The van der Waals surface area contributed by atoms with Crippen LogP contribution in [-0.4, -0.2) is 24.5 Å². The molecule has 3 rings (SSSR count). The van der Waals surface area contributed by atoms with Crippen LogP contribution in [0.3, 0.4) is 0 Å². The number of rotatable bonds is 5. The number of fused-ring (bicyclic) bond motifs is 1. The molecule has 0 bridgehead atoms. The minimum atomic E-state index is -0.0861. The van der Waals surface area contributed by atoms with Crippen molar-refractivity contribution in [2.75, 3.05) is 18.9 Å². The van der Waals surface area contributed by atoms with Crippen LogP contribution in [0.1, 0.15) is 36.7 Å². The Morgan fingerprint density at radius 1 is 1.33 bits per heavy atom. The number of aromatic nitrogens is 1. The highest BCUT2D eigenvalue weighted by molar-refractivity contribution is 6.00. The Kier molecular flexibility index (Phi) is 3.53. The minimum absolute atomic E-state index is 0.0861. The average molecular weight is 283 g/mol. The first-order valence-electron chi connectivity index (χ1n) is 7.53. The minimum Gasteiger partial charge on any atom is -0.373 e. The second-order valence-electron chi connectivity index (χ2n) is 5.86. The Hall–Kier alpha value is -2.10. The lowest BCUT2D eigenvalue weighted by molar-refractivity contribution is 0.0939. The number of nitrogens with zero attached hydrogens (tertiary/aromatic N) is 1. The third kappa shape index (κ3) is 2.71. The van der Waals surface area contributed by atoms with E-state index in [2.05, 4.69) is 22.5 Å². The highest BCUT2D eigenvalue weighted by atomic mass is 16.1. The van der Waals surface area contributed by atoms with E-state index in [9.17, 15) is 4.79 Å². The van der Waals surface area contributed by atoms with Crippen LogP contribution in [0.5, 0.6) is 0 Å². The molecule has 0 unspecified atom stereocenters. The molecule has 21 heavy (non-hydrogen) atoms. The van der Waals surface area contributed by atoms with Crippen LogP contribution < -0.4 is 10.6 Å². The second kappa shape index (κ2) is 5.35. The summed E-state index contributed by atoms with van der Waals surface area (Å²) >= 11 is 0. The van der Waals surface area contributed by atoms with Crippen molar-refractivity contribution in [2.45, 2.75) is 26.2 Å². The van der Waals surface area contributed by atoms with Gasteiger partial charge in [-0.3, -0.25) is 4.79 Å². The molecular formula is C17H21N3O. The maximum absolute atomic E-state index is 12.3. The molecule has 0 spiro atoms. The number of nitrogens with one attached hydrogen (secondary N) is 2. The summed E-state index contributed by atoms with van der Waals surface area (Å²) in [6.45, 7) is 2.94. The van der Waals surface area contributed by atoms with Crippen LogP contribution in [0.25, 0.3) is 10.8 Å². The van der Waals surface area contributed by atoms with Gasteiger partial charge in [-0.1, -0.05) is 31.2 Å². The van der Waals surface area contributed by atoms with E-state index in [1.165, 1.54) is 12.8 Å². The normalized spacial score (nSPS) is 15.7. The average Bonchev–Trinajstić information content (AvgIpc) is 3.32. The maximum atomic E-state index is 12.3. The number of hydrogen-bond acceptors (Lipinski definition) is 3. The molecule has 0 saturated heterocycles. The first kappa shape index (κ1) is 13.9. The van der Waals surface area contributed by atoms with E-state index in [4.69, 9.17) is 0 Å². The fourth-order valence-corrected chi connectivity index (χ4v) is 2.70. The predicted octanol–water partition coefficient (Wildman–Crippen LogP) is 3.20. The van der Waals surface area contributed by atoms with Gasteiger partial charge in [0.1, 0.15) is 11.5 Å². The molecule has 1 saturated carbocycles. The molecule has 4 nitrogen and oxygen atoms in total. The number of anilines is 1. The standard InChI is InChI=1S/C17H21N3O/c1-3-17(8-9-17)11-19-16(21)14-10-12-6-4-5-7-13(12)15(18-2)20-14/h4-7,10H,3,8-9,11H2,1-2H3,(H,18,20)(H,19,21). The monoisotopic (exact) mass is 283 g/mol. The topological polar surface area (TPSA) is 54.0 Å². The van der Waals surface area contributed by atoms with Crippen LogP contribution in [0.4, 0.5) is 5.82 Å². The first-order chi connectivity index (χ1) is 10.2. The molecule has 1 fully saturated rings. The van der Waals surface area contributed by atoms with Crippen molar-refractivity contribution in [1.82, 2.24) is 10.3 Å². The largest absolute Gasteiger partial charge is 0.373 e. The van der Waals surface area contributed by atoms with E-state index in [0.717, 1.165) is 29.6 Å². The Morgan fingerprint density at radius 2 is 2.10 bits per heavy atom. The van der Waals surface area contributed by atoms with E-state index >= 15 is 0 Å². The number of amides is 1. The summed E-state index contributed by atoms with van der Waals surface area (Å²) in [5.41, 5.74) is 0.822. The van der Waals surface area contributed by atoms with E-state index < -0.39 is 0 Å². The van der Waals surface area contributed by atoms with Gasteiger partial charge in [-0.25, -0.2) is 4.98 Å². The summed E-state index contributed by atoms with van der Waals surface area (Å²) in [6, 6.07) is 9.81. The number of pyridine rings is 1. The van der Waals surface area contributed by atoms with Gasteiger partial charge in [-0.2, -0.15) is 0 Å². The van der Waals surface area contributed by atoms with Gasteiger partial charge >= 0.3 is 0 Å². The van der Waals surface area contributed by atoms with Crippen molar-refractivity contribution in [3.05, 3.63) is 36.0 Å². The molecule has 1 aromatic carbocycles. The Balaban J connectivity index is 1.84. The summed E-state index contributed by atoms with van der Waals surface area (Å²) in [5.74, 6) is 0.659. The molecule has 0 aliphatic heterocycles. The van der Waals surface area contributed by atoms with Crippen LogP contribution in [0, 0.1) is 5.41 Å². The quantitative estimate of drug-likeness (QED) is 0.886. The van der Waals surface area contributed by atoms with Crippen LogP contribution in [0.15, 0.2) is 30.3 Å². The second-order valence-corrected chi connectivity index (χ2v) is 5.86. The van der Waals surface area contributed by atoms with Crippen molar-refractivity contribution >= 4 is 22.5 Å². The summed E-state index contributed by atoms with van der Waals surface area (Å²) in [6.07, 6.45) is 3.56. The Bertz CT molecular complexity index is 677. The molecule has 1 aliphatic carbocycles. The molecular weight excluding hydrogens is 262 g/mol. The molecule has 2 N–H and O–H groups in total. The molecule has 110 valence electrons.